The first-order valence-corrected chi connectivity index (χ1v) is 9.65. The molecule has 0 aliphatic rings. The van der Waals surface area contributed by atoms with Crippen LogP contribution in [0.2, 0.25) is 0 Å². The van der Waals surface area contributed by atoms with Gasteiger partial charge in [0.05, 0.1) is 0 Å². The Balaban J connectivity index is 4.28. The third-order valence-corrected chi connectivity index (χ3v) is 4.75. The van der Waals surface area contributed by atoms with E-state index in [1.54, 1.807) is 0 Å². The molecule has 0 fully saturated rings. The normalized spacial score (nSPS) is 16.2. The summed E-state index contributed by atoms with van der Waals surface area (Å²) in [5.41, 5.74) is 6.84. The van der Waals surface area contributed by atoms with Gasteiger partial charge in [0, 0.05) is 17.5 Å². The van der Waals surface area contributed by atoms with E-state index in [9.17, 15) is 0 Å². The highest BCUT2D eigenvalue weighted by atomic mass is 14.7. The predicted molar refractivity (Wildman–Crippen MR) is 128 cm³/mol. The minimum absolute atomic E-state index is 0.970. The fourth-order valence-electron chi connectivity index (χ4n) is 3.01. The molecule has 1 rings (SSSR count). The lowest BCUT2D eigenvalue weighted by Gasteiger charge is -2.14. The number of rotatable bonds is 7. The van der Waals surface area contributed by atoms with Crippen LogP contribution in [0.4, 0.5) is 0 Å². The van der Waals surface area contributed by atoms with Gasteiger partial charge >= 0.3 is 0 Å². The van der Waals surface area contributed by atoms with Crippen LogP contribution in [0, 0.1) is 0 Å². The van der Waals surface area contributed by atoms with Crippen LogP contribution < -0.4 is 10.4 Å². The van der Waals surface area contributed by atoms with Gasteiger partial charge in [0.15, 0.2) is 0 Å². The second-order valence-electron chi connectivity index (χ2n) is 6.62. The van der Waals surface area contributed by atoms with Gasteiger partial charge < -0.3 is 0 Å². The molecule has 0 radical (unpaired) electrons. The molecule has 0 bridgehead atoms. The van der Waals surface area contributed by atoms with E-state index in [2.05, 4.69) is 89.2 Å². The third kappa shape index (κ3) is 5.79. The van der Waals surface area contributed by atoms with Gasteiger partial charge in [-0.3, -0.25) is 4.99 Å². The summed E-state index contributed by atoms with van der Waals surface area (Å²) in [4.78, 5) is 4.68. The maximum atomic E-state index is 4.68. The van der Waals surface area contributed by atoms with E-state index in [1.165, 1.54) is 21.9 Å². The lowest BCUT2D eigenvalue weighted by molar-refractivity contribution is 1.36. The number of hydrogen-bond acceptors (Lipinski definition) is 1. The van der Waals surface area contributed by atoms with Gasteiger partial charge in [0.1, 0.15) is 0 Å². The summed E-state index contributed by atoms with van der Waals surface area (Å²) < 4.78 is 0. The molecule has 146 valence electrons. The molecule has 0 N–H and O–H groups in total. The zero-order valence-electron chi connectivity index (χ0n) is 18.2. The Labute approximate surface area is 170 Å². The Bertz CT molecular complexity index is 989. The zero-order chi connectivity index (χ0) is 21.1. The number of benzene rings is 1. The van der Waals surface area contributed by atoms with Crippen molar-refractivity contribution >= 4 is 16.9 Å². The Morgan fingerprint density at radius 2 is 1.46 bits per heavy atom. The molecule has 0 saturated heterocycles. The van der Waals surface area contributed by atoms with Crippen LogP contribution in [0.5, 0.6) is 0 Å². The molecule has 0 heterocycles. The second-order valence-corrected chi connectivity index (χ2v) is 6.62. The van der Waals surface area contributed by atoms with E-state index in [0.717, 1.165) is 22.1 Å². The highest BCUT2D eigenvalue weighted by Crippen LogP contribution is 2.21. The molecule has 0 aliphatic carbocycles. The van der Waals surface area contributed by atoms with Gasteiger partial charge in [-0.2, -0.15) is 0 Å². The van der Waals surface area contributed by atoms with Crippen molar-refractivity contribution in [1.29, 1.82) is 0 Å². The van der Waals surface area contributed by atoms with Crippen molar-refractivity contribution in [3.63, 3.8) is 0 Å². The second kappa shape index (κ2) is 11.7. The standard InChI is InChI=1S/C27H33N/c1-9-15-21(6)22(7)25-17-13-14-18-26(25)27(23(8)28-19-11-3)24(16-10-2)20(5)12-4/h9-19H,1-2H2,3-8H3/b19-11+,20-12-,21-15+,24-16?,25-22+,27-26+,28-23+. The predicted octanol–water partition coefficient (Wildman–Crippen LogP) is 6.21. The molecule has 0 aliphatic heterocycles. The number of allylic oxidation sites excluding steroid dienone is 9. The minimum atomic E-state index is 0.970. The first-order chi connectivity index (χ1) is 13.4. The van der Waals surface area contributed by atoms with Crippen LogP contribution >= 0.6 is 0 Å². The molecular weight excluding hydrogens is 338 g/mol. The summed E-state index contributed by atoms with van der Waals surface area (Å²) in [7, 11) is 0. The molecule has 0 saturated carbocycles. The fraction of sp³-hybridized carbons (Fsp3) is 0.222. The average Bonchev–Trinajstić information content (AvgIpc) is 2.71. The lowest BCUT2D eigenvalue weighted by atomic mass is 9.91. The van der Waals surface area contributed by atoms with Crippen molar-refractivity contribution in [3.05, 3.63) is 107 Å². The summed E-state index contributed by atoms with van der Waals surface area (Å²) in [5.74, 6) is 0. The van der Waals surface area contributed by atoms with E-state index in [-0.39, 0.29) is 0 Å². The van der Waals surface area contributed by atoms with Crippen molar-refractivity contribution in [2.75, 3.05) is 0 Å². The number of aliphatic imine (C=N–C) groups is 1. The summed E-state index contributed by atoms with van der Waals surface area (Å²) in [6, 6.07) is 8.51. The van der Waals surface area contributed by atoms with E-state index < -0.39 is 0 Å². The number of nitrogens with zero attached hydrogens (tertiary/aromatic N) is 1. The Kier molecular flexibility index (Phi) is 9.67. The van der Waals surface area contributed by atoms with Crippen molar-refractivity contribution in [2.45, 2.75) is 41.5 Å². The van der Waals surface area contributed by atoms with Crippen LogP contribution in [0.15, 0.2) is 102 Å². The summed E-state index contributed by atoms with van der Waals surface area (Å²) in [6.07, 6.45) is 13.7. The first kappa shape index (κ1) is 23.1. The maximum Gasteiger partial charge on any atom is 0.0457 e. The fourth-order valence-corrected chi connectivity index (χ4v) is 3.01. The highest BCUT2D eigenvalue weighted by Gasteiger charge is 2.12. The summed E-state index contributed by atoms with van der Waals surface area (Å²) >= 11 is 0. The molecule has 1 aromatic carbocycles. The van der Waals surface area contributed by atoms with Crippen molar-refractivity contribution in [3.8, 4) is 0 Å². The van der Waals surface area contributed by atoms with Crippen LogP contribution in [-0.2, 0) is 0 Å². The lowest BCUT2D eigenvalue weighted by Crippen LogP contribution is -2.31. The minimum Gasteiger partial charge on any atom is -0.261 e. The van der Waals surface area contributed by atoms with Gasteiger partial charge in [0.2, 0.25) is 0 Å². The van der Waals surface area contributed by atoms with Gasteiger partial charge in [-0.05, 0) is 74.3 Å². The van der Waals surface area contributed by atoms with Gasteiger partial charge in [0.25, 0.3) is 0 Å². The highest BCUT2D eigenvalue weighted by molar-refractivity contribution is 6.23. The van der Waals surface area contributed by atoms with Crippen molar-refractivity contribution in [1.82, 2.24) is 0 Å². The molecule has 0 spiro atoms. The van der Waals surface area contributed by atoms with Crippen LogP contribution in [0.25, 0.3) is 11.1 Å². The summed E-state index contributed by atoms with van der Waals surface area (Å²) in [5, 5.41) is 2.36. The molecule has 1 aromatic rings. The molecule has 0 unspecified atom stereocenters. The topological polar surface area (TPSA) is 12.4 Å². The molecular formula is C27H33N. The van der Waals surface area contributed by atoms with Gasteiger partial charge in [-0.25, -0.2) is 0 Å². The van der Waals surface area contributed by atoms with Gasteiger partial charge in [-0.15, -0.1) is 0 Å². The van der Waals surface area contributed by atoms with Gasteiger partial charge in [-0.1, -0.05) is 73.9 Å². The molecule has 0 aromatic heterocycles. The Morgan fingerprint density at radius 1 is 0.857 bits per heavy atom. The van der Waals surface area contributed by atoms with E-state index in [4.69, 9.17) is 0 Å². The van der Waals surface area contributed by atoms with E-state index in [0.29, 0.717) is 0 Å². The van der Waals surface area contributed by atoms with Crippen LogP contribution in [0.1, 0.15) is 41.5 Å². The Morgan fingerprint density at radius 3 is 2.00 bits per heavy atom. The van der Waals surface area contributed by atoms with E-state index in [1.807, 2.05) is 37.4 Å². The maximum absolute atomic E-state index is 4.68. The number of hydrogen-bond donors (Lipinski definition) is 0. The average molecular weight is 372 g/mol. The monoisotopic (exact) mass is 371 g/mol. The summed E-state index contributed by atoms with van der Waals surface area (Å²) in [6.45, 7) is 20.3. The van der Waals surface area contributed by atoms with Crippen molar-refractivity contribution < 1.29 is 0 Å². The van der Waals surface area contributed by atoms with Crippen molar-refractivity contribution in [2.24, 2.45) is 4.99 Å². The molecule has 1 nitrogen and oxygen atoms in total. The first-order valence-electron chi connectivity index (χ1n) is 9.65. The Hall–Kier alpha value is -2.93. The molecule has 1 heteroatoms. The third-order valence-electron chi connectivity index (χ3n) is 4.75. The molecule has 0 amide bonds. The van der Waals surface area contributed by atoms with Crippen LogP contribution in [0.3, 0.4) is 0 Å². The van der Waals surface area contributed by atoms with E-state index >= 15 is 0 Å². The molecule has 0 atom stereocenters. The smallest absolute Gasteiger partial charge is 0.0457 e. The van der Waals surface area contributed by atoms with Crippen LogP contribution in [-0.4, -0.2) is 5.71 Å². The molecule has 28 heavy (non-hydrogen) atoms. The largest absolute Gasteiger partial charge is 0.261 e. The quantitative estimate of drug-likeness (QED) is 0.399. The SMILES string of the molecule is C=CC=C(/C(C)=C\C)C(/C(C)=N/C=C/C)=c1\cccc\c1=C(C)/C(C)=C/C=C. The zero-order valence-corrected chi connectivity index (χ0v) is 18.2.